The van der Waals surface area contributed by atoms with Crippen LogP contribution >= 0.6 is 13.5 Å². The van der Waals surface area contributed by atoms with E-state index >= 15 is 0 Å². The summed E-state index contributed by atoms with van der Waals surface area (Å²) in [6, 6.07) is 12.7. The fourth-order valence-electron chi connectivity index (χ4n) is 4.48. The van der Waals surface area contributed by atoms with Gasteiger partial charge in [-0.05, 0) is 48.0 Å². The second kappa shape index (κ2) is 10.9. The Hall–Kier alpha value is -4.44. The van der Waals surface area contributed by atoms with Crippen LogP contribution in [-0.2, 0) is 11.2 Å². The normalized spacial score (nSPS) is 13.2. The first-order valence-electron chi connectivity index (χ1n) is 11.4. The molecule has 1 atom stereocenters. The van der Waals surface area contributed by atoms with Gasteiger partial charge in [0.1, 0.15) is 17.7 Å². The van der Waals surface area contributed by atoms with E-state index in [1.807, 2.05) is 0 Å². The molecule has 192 valence electrons. The number of amides is 3. The van der Waals surface area contributed by atoms with Crippen molar-refractivity contribution in [3.63, 3.8) is 0 Å². The molecule has 1 aliphatic heterocycles. The summed E-state index contributed by atoms with van der Waals surface area (Å²) in [5.41, 5.74) is 2.02. The number of anilines is 1. The highest BCUT2D eigenvalue weighted by Crippen LogP contribution is 2.29. The predicted molar refractivity (Wildman–Crippen MR) is 143 cm³/mol. The Labute approximate surface area is 223 Å². The van der Waals surface area contributed by atoms with Gasteiger partial charge in [-0.25, -0.2) is 8.78 Å². The van der Waals surface area contributed by atoms with E-state index in [2.05, 4.69) is 16.5 Å². The summed E-state index contributed by atoms with van der Waals surface area (Å²) >= 11 is 0. The van der Waals surface area contributed by atoms with E-state index < -0.39 is 35.4 Å². The number of carbonyl (C=O) groups is 3. The molecule has 3 amide bonds. The van der Waals surface area contributed by atoms with Crippen LogP contribution in [0.25, 0.3) is 11.0 Å². The second-order valence-corrected chi connectivity index (χ2v) is 8.49. The van der Waals surface area contributed by atoms with Gasteiger partial charge in [0.25, 0.3) is 17.7 Å². The molecular formula is C28H22F2N4O3S. The predicted octanol–water partition coefficient (Wildman–Crippen LogP) is 4.45. The summed E-state index contributed by atoms with van der Waals surface area (Å²) in [6.07, 6.45) is 4.27. The van der Waals surface area contributed by atoms with Crippen molar-refractivity contribution in [2.45, 2.75) is 12.5 Å². The average Bonchev–Trinajstić information content (AvgIpc) is 3.14. The first-order chi connectivity index (χ1) is 17.9. The van der Waals surface area contributed by atoms with E-state index in [1.165, 1.54) is 29.3 Å². The van der Waals surface area contributed by atoms with Crippen LogP contribution in [0.2, 0.25) is 0 Å². The zero-order valence-corrected chi connectivity index (χ0v) is 21.0. The van der Waals surface area contributed by atoms with E-state index in [4.69, 9.17) is 0 Å². The topological polar surface area (TPSA) is 83.5 Å². The van der Waals surface area contributed by atoms with Crippen LogP contribution in [0.5, 0.6) is 0 Å². The molecule has 0 unspecified atom stereocenters. The number of halogens is 2. The number of rotatable bonds is 7. The lowest BCUT2D eigenvalue weighted by Crippen LogP contribution is -2.52. The van der Waals surface area contributed by atoms with Crippen LogP contribution in [-0.4, -0.2) is 45.2 Å². The van der Waals surface area contributed by atoms with Gasteiger partial charge in [0.2, 0.25) is 0 Å². The van der Waals surface area contributed by atoms with Crippen molar-refractivity contribution in [1.29, 1.82) is 0 Å². The average molecular weight is 533 g/mol. The van der Waals surface area contributed by atoms with E-state index in [9.17, 15) is 23.2 Å². The summed E-state index contributed by atoms with van der Waals surface area (Å²) < 4.78 is 28.0. The maximum Gasteiger partial charge on any atom is 0.262 e. The molecule has 0 bridgehead atoms. The largest absolute Gasteiger partial charge is 0.307 e. The quantitative estimate of drug-likeness (QED) is 0.260. The molecule has 1 aliphatic rings. The van der Waals surface area contributed by atoms with Crippen LogP contribution in [0.3, 0.4) is 0 Å². The number of imide groups is 1. The lowest BCUT2D eigenvalue weighted by atomic mass is 10.0. The van der Waals surface area contributed by atoms with Crippen molar-refractivity contribution in [3.05, 3.63) is 114 Å². The minimum atomic E-state index is -1.38. The molecule has 1 aromatic heterocycles. The van der Waals surface area contributed by atoms with E-state index in [-0.39, 0.29) is 43.2 Å². The summed E-state index contributed by atoms with van der Waals surface area (Å²) in [6.45, 7) is 3.77. The number of aromatic nitrogens is 2. The fraction of sp³-hybridized carbons (Fsp3) is 0.107. The Balaban J connectivity index is 0.00000336. The van der Waals surface area contributed by atoms with E-state index in [1.54, 1.807) is 36.5 Å². The van der Waals surface area contributed by atoms with Crippen molar-refractivity contribution in [2.75, 3.05) is 11.4 Å². The van der Waals surface area contributed by atoms with E-state index in [0.717, 1.165) is 17.0 Å². The maximum atomic E-state index is 14.1. The van der Waals surface area contributed by atoms with Crippen molar-refractivity contribution < 1.29 is 23.2 Å². The molecule has 0 saturated carbocycles. The lowest BCUT2D eigenvalue weighted by Gasteiger charge is -2.31. The molecule has 10 heteroatoms. The minimum absolute atomic E-state index is 0. The second-order valence-electron chi connectivity index (χ2n) is 8.49. The van der Waals surface area contributed by atoms with Gasteiger partial charge in [-0.15, -0.1) is 6.58 Å². The number of carbonyl (C=O) groups excluding carboxylic acids is 3. The molecule has 7 nitrogen and oxygen atoms in total. The van der Waals surface area contributed by atoms with Gasteiger partial charge in [0, 0.05) is 37.1 Å². The first kappa shape index (κ1) is 26.6. The van der Waals surface area contributed by atoms with Crippen molar-refractivity contribution >= 4 is 47.9 Å². The Kier molecular flexibility index (Phi) is 7.63. The highest BCUT2D eigenvalue weighted by atomic mass is 32.1. The molecule has 2 heterocycles. The SMILES string of the molecule is C=CCN(C(=O)[C@H](Cc1cc(F)cc(F)c1)N1C(=O)c2ccccc2C1=O)c1ccc2nccnc2c1.S. The van der Waals surface area contributed by atoms with Crippen molar-refractivity contribution in [2.24, 2.45) is 0 Å². The standard InChI is InChI=1S/C28H20F2N4O3.H2S/c1-2-11-33(20-7-8-23-24(16-20)32-10-9-31-23)28(37)25(14-17-12-18(29)15-19(30)13-17)34-26(35)21-5-3-4-6-22(21)27(34)36;/h2-10,12-13,15-16,25H,1,11,14H2;1H2/t25-;/m0./s1. The third-order valence-electron chi connectivity index (χ3n) is 6.12. The van der Waals surface area contributed by atoms with Gasteiger partial charge in [0.15, 0.2) is 0 Å². The van der Waals surface area contributed by atoms with Gasteiger partial charge in [-0.1, -0.05) is 18.2 Å². The monoisotopic (exact) mass is 532 g/mol. The van der Waals surface area contributed by atoms with Gasteiger partial charge in [-0.2, -0.15) is 13.5 Å². The van der Waals surface area contributed by atoms with Crippen LogP contribution in [0.4, 0.5) is 14.5 Å². The number of fused-ring (bicyclic) bond motifs is 2. The van der Waals surface area contributed by atoms with Crippen LogP contribution in [0, 0.1) is 11.6 Å². The highest BCUT2D eigenvalue weighted by Gasteiger charge is 2.44. The number of nitrogens with zero attached hydrogens (tertiary/aromatic N) is 4. The molecule has 0 fully saturated rings. The van der Waals surface area contributed by atoms with Gasteiger partial charge >= 0.3 is 0 Å². The molecule has 0 saturated heterocycles. The first-order valence-corrected chi connectivity index (χ1v) is 11.4. The Morgan fingerprint density at radius 1 is 0.921 bits per heavy atom. The van der Waals surface area contributed by atoms with Crippen molar-refractivity contribution in [1.82, 2.24) is 14.9 Å². The molecule has 3 aromatic carbocycles. The summed E-state index contributed by atoms with van der Waals surface area (Å²) in [4.78, 5) is 51.4. The zero-order valence-electron chi connectivity index (χ0n) is 20.0. The third-order valence-corrected chi connectivity index (χ3v) is 6.12. The molecule has 0 N–H and O–H groups in total. The summed E-state index contributed by atoms with van der Waals surface area (Å²) in [7, 11) is 0. The molecular weight excluding hydrogens is 510 g/mol. The van der Waals surface area contributed by atoms with Gasteiger partial charge in [-0.3, -0.25) is 29.3 Å². The molecule has 4 aromatic rings. The fourth-order valence-corrected chi connectivity index (χ4v) is 4.48. The van der Waals surface area contributed by atoms with Crippen LogP contribution < -0.4 is 4.90 Å². The van der Waals surface area contributed by atoms with Crippen LogP contribution in [0.15, 0.2) is 85.7 Å². The number of hydrogen-bond acceptors (Lipinski definition) is 5. The van der Waals surface area contributed by atoms with Gasteiger partial charge in [0.05, 0.1) is 22.2 Å². The summed E-state index contributed by atoms with van der Waals surface area (Å²) in [5.74, 6) is -3.60. The maximum absolute atomic E-state index is 14.1. The van der Waals surface area contributed by atoms with E-state index in [0.29, 0.717) is 22.8 Å². The Morgan fingerprint density at radius 3 is 2.13 bits per heavy atom. The molecule has 0 aliphatic carbocycles. The molecule has 0 spiro atoms. The minimum Gasteiger partial charge on any atom is -0.307 e. The third kappa shape index (κ3) is 4.90. The van der Waals surface area contributed by atoms with Crippen molar-refractivity contribution in [3.8, 4) is 0 Å². The molecule has 0 radical (unpaired) electrons. The number of hydrogen-bond donors (Lipinski definition) is 0. The Morgan fingerprint density at radius 2 is 1.53 bits per heavy atom. The highest BCUT2D eigenvalue weighted by molar-refractivity contribution is 7.59. The molecule has 38 heavy (non-hydrogen) atoms. The number of benzene rings is 3. The van der Waals surface area contributed by atoms with Crippen LogP contribution in [0.1, 0.15) is 26.3 Å². The van der Waals surface area contributed by atoms with Gasteiger partial charge < -0.3 is 4.90 Å². The molecule has 5 rings (SSSR count). The summed E-state index contributed by atoms with van der Waals surface area (Å²) in [5, 5.41) is 0. The lowest BCUT2D eigenvalue weighted by molar-refractivity contribution is -0.122. The smallest absolute Gasteiger partial charge is 0.262 e. The Bertz CT molecular complexity index is 1520. The zero-order chi connectivity index (χ0) is 26.1.